The van der Waals surface area contributed by atoms with Crippen LogP contribution in [-0.4, -0.2) is 0 Å². The van der Waals surface area contributed by atoms with Crippen LogP contribution in [0.2, 0.25) is 4.01 Å². The van der Waals surface area contributed by atoms with Crippen molar-refractivity contribution in [1.82, 2.24) is 0 Å². The number of hydrogen-bond acceptors (Lipinski definition) is 0. The maximum absolute atomic E-state index is 7.14. The number of halogens is 1. The fourth-order valence-electron chi connectivity index (χ4n) is 3.03. The molecule has 113 valence electrons. The van der Waals surface area contributed by atoms with E-state index in [4.69, 9.17) is 9.69 Å². The van der Waals surface area contributed by atoms with Crippen LogP contribution in [0.3, 0.4) is 0 Å². The summed E-state index contributed by atoms with van der Waals surface area (Å²) in [6.07, 6.45) is 11.7. The summed E-state index contributed by atoms with van der Waals surface area (Å²) < 4.78 is 1.71. The molecule has 0 atom stereocenters. The van der Waals surface area contributed by atoms with Gasteiger partial charge in [-0.1, -0.05) is 0 Å². The molecule has 2 aliphatic carbocycles. The summed E-state index contributed by atoms with van der Waals surface area (Å²) in [5.41, 5.74) is 5.96. The molecule has 2 aliphatic rings. The molecule has 20 heavy (non-hydrogen) atoms. The van der Waals surface area contributed by atoms with E-state index in [-0.39, 0.29) is 4.01 Å². The van der Waals surface area contributed by atoms with Gasteiger partial charge in [-0.2, -0.15) is 0 Å². The van der Waals surface area contributed by atoms with Crippen LogP contribution >= 0.6 is 9.69 Å². The first-order valence-electron chi connectivity index (χ1n) is 7.44. The molecule has 2 heteroatoms. The maximum atomic E-state index is 7.14. The Morgan fingerprint density at radius 2 is 1.50 bits per heavy atom. The Bertz CT molecular complexity index is 496. The van der Waals surface area contributed by atoms with Gasteiger partial charge in [0.05, 0.1) is 0 Å². The summed E-state index contributed by atoms with van der Waals surface area (Å²) in [4.78, 5) is 0. The monoisotopic (exact) mass is 379 g/mol. The Hall–Kier alpha value is -0.127. The Morgan fingerprint density at radius 1 is 0.950 bits per heavy atom. The SMILES string of the molecule is CC1=C(C)[C](C)([Ru]([Cl])[C]2=CCCC=CCC2)C(C)=C1C. The van der Waals surface area contributed by atoms with Gasteiger partial charge in [-0.3, -0.25) is 0 Å². The average Bonchev–Trinajstić information content (AvgIpc) is 2.55. The molecule has 0 aromatic rings. The normalized spacial score (nSPS) is 23.7. The van der Waals surface area contributed by atoms with E-state index in [1.54, 1.807) is 4.17 Å². The van der Waals surface area contributed by atoms with Gasteiger partial charge in [0, 0.05) is 0 Å². The Balaban J connectivity index is 2.35. The summed E-state index contributed by atoms with van der Waals surface area (Å²) in [5, 5.41) is 0. The van der Waals surface area contributed by atoms with E-state index < -0.39 is 15.0 Å². The summed E-state index contributed by atoms with van der Waals surface area (Å²) in [5.74, 6) is 0. The molecule has 0 saturated carbocycles. The van der Waals surface area contributed by atoms with Crippen molar-refractivity contribution < 1.29 is 15.0 Å². The van der Waals surface area contributed by atoms with Gasteiger partial charge in [0.25, 0.3) is 0 Å². The van der Waals surface area contributed by atoms with Gasteiger partial charge in [0.2, 0.25) is 0 Å². The first-order chi connectivity index (χ1) is 9.40. The Kier molecular flexibility index (Phi) is 5.14. The van der Waals surface area contributed by atoms with Crippen molar-refractivity contribution in [3.63, 3.8) is 0 Å². The minimum atomic E-state index is -1.56. The van der Waals surface area contributed by atoms with Gasteiger partial charge >= 0.3 is 134 Å². The molecule has 0 N–H and O–H groups in total. The van der Waals surface area contributed by atoms with Crippen molar-refractivity contribution >= 4 is 9.69 Å². The van der Waals surface area contributed by atoms with E-state index in [9.17, 15) is 0 Å². The number of hydrogen-bond donors (Lipinski definition) is 0. The molecule has 0 heterocycles. The molecule has 0 bridgehead atoms. The molecule has 0 saturated heterocycles. The van der Waals surface area contributed by atoms with Crippen LogP contribution in [0, 0.1) is 0 Å². The molecule has 0 unspecified atom stereocenters. The topological polar surface area (TPSA) is 0 Å². The van der Waals surface area contributed by atoms with Gasteiger partial charge in [0.15, 0.2) is 0 Å². The average molecular weight is 379 g/mol. The van der Waals surface area contributed by atoms with Gasteiger partial charge < -0.3 is 0 Å². The van der Waals surface area contributed by atoms with Crippen molar-refractivity contribution in [3.8, 4) is 0 Å². The second kappa shape index (κ2) is 6.33. The van der Waals surface area contributed by atoms with Crippen molar-refractivity contribution in [1.29, 1.82) is 0 Å². The first-order valence-corrected chi connectivity index (χ1v) is 11.4. The molecular formula is C18H26ClRu. The summed E-state index contributed by atoms with van der Waals surface area (Å²) in [6.45, 7) is 11.5. The van der Waals surface area contributed by atoms with Crippen molar-refractivity contribution in [2.75, 3.05) is 0 Å². The predicted molar refractivity (Wildman–Crippen MR) is 86.7 cm³/mol. The molecule has 2 rings (SSSR count). The molecule has 0 aliphatic heterocycles. The van der Waals surface area contributed by atoms with E-state index >= 15 is 0 Å². The van der Waals surface area contributed by atoms with E-state index in [0.29, 0.717) is 0 Å². The standard InChI is InChI=1S/C10H15.C8H11.ClH.Ru/c1-6-7(2)9(4)10(5)8(6)3;1-2-4-6-8-7-5-3-1;;/h1-5H3;1-2,7H,3-6H2;1H;/q;;;+1/p-1. The minimum absolute atomic E-state index is 0.134. The van der Waals surface area contributed by atoms with E-state index in [1.807, 2.05) is 0 Å². The molecule has 0 amide bonds. The molecule has 0 fully saturated rings. The van der Waals surface area contributed by atoms with Gasteiger partial charge in [-0.25, -0.2) is 0 Å². The van der Waals surface area contributed by atoms with Crippen LogP contribution in [0.25, 0.3) is 0 Å². The third-order valence-corrected chi connectivity index (χ3v) is 12.2. The van der Waals surface area contributed by atoms with E-state index in [1.165, 1.54) is 28.7 Å². The van der Waals surface area contributed by atoms with Gasteiger partial charge in [-0.15, -0.1) is 0 Å². The van der Waals surface area contributed by atoms with Gasteiger partial charge in [0.1, 0.15) is 0 Å². The van der Waals surface area contributed by atoms with E-state index in [2.05, 4.69) is 52.8 Å². The fraction of sp³-hybridized carbons (Fsp3) is 0.556. The molecule has 0 spiro atoms. The van der Waals surface area contributed by atoms with Crippen LogP contribution in [0.4, 0.5) is 0 Å². The second-order valence-corrected chi connectivity index (χ2v) is 11.5. The predicted octanol–water partition coefficient (Wildman–Crippen LogP) is 6.64. The Morgan fingerprint density at radius 3 is 2.10 bits per heavy atom. The van der Waals surface area contributed by atoms with Crippen LogP contribution < -0.4 is 0 Å². The summed E-state index contributed by atoms with van der Waals surface area (Å²) in [7, 11) is 7.14. The zero-order valence-corrected chi connectivity index (χ0v) is 15.8. The quantitative estimate of drug-likeness (QED) is 0.373. The van der Waals surface area contributed by atoms with Crippen LogP contribution in [-0.2, 0) is 15.0 Å². The second-order valence-electron chi connectivity index (χ2n) is 5.92. The zero-order valence-electron chi connectivity index (χ0n) is 13.3. The molecule has 0 nitrogen and oxygen atoms in total. The third kappa shape index (κ3) is 2.64. The number of allylic oxidation sites excluding steroid dienone is 8. The molecule has 0 radical (unpaired) electrons. The Labute approximate surface area is 133 Å². The summed E-state index contributed by atoms with van der Waals surface area (Å²) >= 11 is -1.56. The van der Waals surface area contributed by atoms with E-state index in [0.717, 1.165) is 19.3 Å². The fourth-order valence-corrected chi connectivity index (χ4v) is 9.04. The zero-order chi connectivity index (χ0) is 14.9. The molecule has 0 aromatic heterocycles. The van der Waals surface area contributed by atoms with Crippen LogP contribution in [0.15, 0.2) is 44.7 Å². The molecular weight excluding hydrogens is 353 g/mol. The first kappa shape index (κ1) is 16.2. The van der Waals surface area contributed by atoms with Crippen molar-refractivity contribution in [2.45, 2.75) is 64.3 Å². The van der Waals surface area contributed by atoms with Crippen molar-refractivity contribution in [3.05, 3.63) is 44.7 Å². The summed E-state index contributed by atoms with van der Waals surface area (Å²) in [6, 6.07) is 0. The van der Waals surface area contributed by atoms with Gasteiger partial charge in [-0.05, 0) is 0 Å². The molecule has 0 aromatic carbocycles. The third-order valence-electron chi connectivity index (χ3n) is 4.99. The van der Waals surface area contributed by atoms with Crippen molar-refractivity contribution in [2.24, 2.45) is 0 Å². The van der Waals surface area contributed by atoms with Crippen LogP contribution in [0.5, 0.6) is 0 Å². The van der Waals surface area contributed by atoms with Crippen LogP contribution in [0.1, 0.15) is 60.3 Å². The number of rotatable bonds is 2.